The summed E-state index contributed by atoms with van der Waals surface area (Å²) in [5.74, 6) is 0.891. The number of nitrogens with zero attached hydrogens (tertiary/aromatic N) is 2. The second-order valence-corrected chi connectivity index (χ2v) is 6.19. The Morgan fingerprint density at radius 2 is 1.92 bits per heavy atom. The Labute approximate surface area is 146 Å². The van der Waals surface area contributed by atoms with E-state index in [2.05, 4.69) is 5.32 Å². The van der Waals surface area contributed by atoms with Crippen molar-refractivity contribution in [1.82, 2.24) is 14.9 Å². The molecule has 1 heterocycles. The molecule has 0 radical (unpaired) electrons. The molecule has 4 nitrogen and oxygen atoms in total. The standard InChI is InChI=1S/C19H20ClN3O/c1-2-11-21-19(24)13-23-17-6-4-3-5-16(17)22-18(23)12-14-7-9-15(20)10-8-14/h3-10H,2,11-13H2,1H3,(H,21,24). The van der Waals surface area contributed by atoms with Crippen molar-refractivity contribution < 1.29 is 4.79 Å². The molecule has 24 heavy (non-hydrogen) atoms. The third kappa shape index (κ3) is 3.77. The fraction of sp³-hybridized carbons (Fsp3) is 0.263. The predicted molar refractivity (Wildman–Crippen MR) is 97.3 cm³/mol. The second kappa shape index (κ2) is 7.49. The van der Waals surface area contributed by atoms with Crippen LogP contribution in [0.3, 0.4) is 0 Å². The number of nitrogens with one attached hydrogen (secondary N) is 1. The smallest absolute Gasteiger partial charge is 0.240 e. The van der Waals surface area contributed by atoms with Gasteiger partial charge in [-0.3, -0.25) is 4.79 Å². The van der Waals surface area contributed by atoms with Gasteiger partial charge in [-0.2, -0.15) is 0 Å². The number of benzene rings is 2. The van der Waals surface area contributed by atoms with Crippen LogP contribution in [0, 0.1) is 0 Å². The largest absolute Gasteiger partial charge is 0.355 e. The Bertz CT molecular complexity index is 839. The van der Waals surface area contributed by atoms with E-state index in [9.17, 15) is 4.79 Å². The first-order valence-corrected chi connectivity index (χ1v) is 8.50. The molecule has 0 spiro atoms. The third-order valence-corrected chi connectivity index (χ3v) is 4.13. The second-order valence-electron chi connectivity index (χ2n) is 5.76. The van der Waals surface area contributed by atoms with Crippen LogP contribution in [0.4, 0.5) is 0 Å². The lowest BCUT2D eigenvalue weighted by molar-refractivity contribution is -0.121. The van der Waals surface area contributed by atoms with E-state index in [1.165, 1.54) is 0 Å². The normalized spacial score (nSPS) is 10.9. The lowest BCUT2D eigenvalue weighted by Gasteiger charge is -2.10. The molecule has 0 unspecified atom stereocenters. The van der Waals surface area contributed by atoms with Gasteiger partial charge in [0, 0.05) is 18.0 Å². The number of amides is 1. The molecule has 0 atom stereocenters. The predicted octanol–water partition coefficient (Wildman–Crippen LogP) is 3.81. The van der Waals surface area contributed by atoms with Gasteiger partial charge in [-0.15, -0.1) is 0 Å². The van der Waals surface area contributed by atoms with Crippen molar-refractivity contribution in [2.45, 2.75) is 26.3 Å². The van der Waals surface area contributed by atoms with E-state index in [4.69, 9.17) is 16.6 Å². The lowest BCUT2D eigenvalue weighted by atomic mass is 10.1. The Balaban J connectivity index is 1.92. The number of rotatable bonds is 6. The van der Waals surface area contributed by atoms with E-state index in [-0.39, 0.29) is 12.5 Å². The number of carbonyl (C=O) groups excluding carboxylic acids is 1. The summed E-state index contributed by atoms with van der Waals surface area (Å²) < 4.78 is 1.99. The van der Waals surface area contributed by atoms with Crippen LogP contribution in [-0.2, 0) is 17.8 Å². The molecular formula is C19H20ClN3O. The number of aromatic nitrogens is 2. The summed E-state index contributed by atoms with van der Waals surface area (Å²) in [5, 5.41) is 3.64. The topological polar surface area (TPSA) is 46.9 Å². The molecule has 1 N–H and O–H groups in total. The highest BCUT2D eigenvalue weighted by Gasteiger charge is 2.13. The van der Waals surface area contributed by atoms with Crippen molar-refractivity contribution >= 4 is 28.5 Å². The molecule has 0 bridgehead atoms. The van der Waals surface area contributed by atoms with Gasteiger partial charge in [-0.25, -0.2) is 4.98 Å². The monoisotopic (exact) mass is 341 g/mol. The van der Waals surface area contributed by atoms with Gasteiger partial charge in [0.05, 0.1) is 11.0 Å². The maximum absolute atomic E-state index is 12.2. The zero-order valence-corrected chi connectivity index (χ0v) is 14.4. The fourth-order valence-corrected chi connectivity index (χ4v) is 2.81. The van der Waals surface area contributed by atoms with Gasteiger partial charge >= 0.3 is 0 Å². The minimum absolute atomic E-state index is 0.0114. The Morgan fingerprint density at radius 1 is 1.17 bits per heavy atom. The van der Waals surface area contributed by atoms with Crippen LogP contribution in [0.1, 0.15) is 24.7 Å². The van der Waals surface area contributed by atoms with Crippen LogP contribution in [-0.4, -0.2) is 22.0 Å². The highest BCUT2D eigenvalue weighted by atomic mass is 35.5. The van der Waals surface area contributed by atoms with Crippen molar-refractivity contribution in [3.8, 4) is 0 Å². The van der Waals surface area contributed by atoms with Gasteiger partial charge in [-0.1, -0.05) is 42.8 Å². The quantitative estimate of drug-likeness (QED) is 0.741. The molecule has 3 aromatic rings. The highest BCUT2D eigenvalue weighted by Crippen LogP contribution is 2.19. The van der Waals surface area contributed by atoms with Crippen LogP contribution in [0.2, 0.25) is 5.02 Å². The minimum Gasteiger partial charge on any atom is -0.355 e. The van der Waals surface area contributed by atoms with Gasteiger partial charge in [0.1, 0.15) is 12.4 Å². The van der Waals surface area contributed by atoms with Crippen LogP contribution in [0.15, 0.2) is 48.5 Å². The molecule has 0 aliphatic carbocycles. The summed E-state index contributed by atoms with van der Waals surface area (Å²) in [6, 6.07) is 15.6. The third-order valence-electron chi connectivity index (χ3n) is 3.88. The van der Waals surface area contributed by atoms with E-state index < -0.39 is 0 Å². The number of halogens is 1. The van der Waals surface area contributed by atoms with Gasteiger partial charge in [-0.05, 0) is 36.2 Å². The summed E-state index contributed by atoms with van der Waals surface area (Å²) in [6.45, 7) is 3.01. The van der Waals surface area contributed by atoms with Gasteiger partial charge in [0.15, 0.2) is 0 Å². The first-order chi connectivity index (χ1) is 11.7. The Morgan fingerprint density at radius 3 is 2.67 bits per heavy atom. The molecule has 1 amide bonds. The van der Waals surface area contributed by atoms with Crippen molar-refractivity contribution in [1.29, 1.82) is 0 Å². The average molecular weight is 342 g/mol. The maximum atomic E-state index is 12.2. The van der Waals surface area contributed by atoms with Crippen LogP contribution in [0.5, 0.6) is 0 Å². The summed E-state index contributed by atoms with van der Waals surface area (Å²) in [7, 11) is 0. The van der Waals surface area contributed by atoms with E-state index in [0.29, 0.717) is 18.0 Å². The van der Waals surface area contributed by atoms with Gasteiger partial charge < -0.3 is 9.88 Å². The number of hydrogen-bond donors (Lipinski definition) is 1. The molecular weight excluding hydrogens is 322 g/mol. The Hall–Kier alpha value is -2.33. The van der Waals surface area contributed by atoms with E-state index in [1.807, 2.05) is 60.0 Å². The zero-order valence-electron chi connectivity index (χ0n) is 13.6. The van der Waals surface area contributed by atoms with E-state index in [0.717, 1.165) is 28.8 Å². The lowest BCUT2D eigenvalue weighted by Crippen LogP contribution is -2.28. The van der Waals surface area contributed by atoms with Gasteiger partial charge in [0.25, 0.3) is 0 Å². The van der Waals surface area contributed by atoms with Crippen molar-refractivity contribution in [2.75, 3.05) is 6.54 Å². The molecule has 3 rings (SSSR count). The molecule has 1 aromatic heterocycles. The minimum atomic E-state index is 0.0114. The molecule has 0 aliphatic heterocycles. The molecule has 124 valence electrons. The van der Waals surface area contributed by atoms with E-state index >= 15 is 0 Å². The Kier molecular flexibility index (Phi) is 5.16. The first kappa shape index (κ1) is 16.5. The molecule has 0 fully saturated rings. The number of fused-ring (bicyclic) bond motifs is 1. The van der Waals surface area contributed by atoms with Gasteiger partial charge in [0.2, 0.25) is 5.91 Å². The molecule has 0 saturated carbocycles. The first-order valence-electron chi connectivity index (χ1n) is 8.12. The van der Waals surface area contributed by atoms with Crippen LogP contribution < -0.4 is 5.32 Å². The molecule has 2 aromatic carbocycles. The molecule has 5 heteroatoms. The summed E-state index contributed by atoms with van der Waals surface area (Å²) in [6.07, 6.45) is 1.58. The van der Waals surface area contributed by atoms with Crippen molar-refractivity contribution in [3.63, 3.8) is 0 Å². The maximum Gasteiger partial charge on any atom is 0.240 e. The van der Waals surface area contributed by atoms with E-state index in [1.54, 1.807) is 0 Å². The summed E-state index contributed by atoms with van der Waals surface area (Å²) >= 11 is 5.95. The summed E-state index contributed by atoms with van der Waals surface area (Å²) in [5.41, 5.74) is 3.00. The number of carbonyl (C=O) groups is 1. The van der Waals surface area contributed by atoms with Crippen molar-refractivity contribution in [2.24, 2.45) is 0 Å². The van der Waals surface area contributed by atoms with Crippen LogP contribution >= 0.6 is 11.6 Å². The van der Waals surface area contributed by atoms with Crippen molar-refractivity contribution in [3.05, 3.63) is 64.9 Å². The number of hydrogen-bond acceptors (Lipinski definition) is 2. The number of para-hydroxylation sites is 2. The highest BCUT2D eigenvalue weighted by molar-refractivity contribution is 6.30. The SMILES string of the molecule is CCCNC(=O)Cn1c(Cc2ccc(Cl)cc2)nc2ccccc21. The fourth-order valence-electron chi connectivity index (χ4n) is 2.69. The summed E-state index contributed by atoms with van der Waals surface area (Å²) in [4.78, 5) is 16.9. The number of imidazole rings is 1. The molecule has 0 aliphatic rings. The average Bonchev–Trinajstić information content (AvgIpc) is 2.92. The molecule has 0 saturated heterocycles. The van der Waals surface area contributed by atoms with Crippen LogP contribution in [0.25, 0.3) is 11.0 Å². The zero-order chi connectivity index (χ0) is 16.9.